The highest BCUT2D eigenvalue weighted by molar-refractivity contribution is 5.96. The molecule has 0 saturated carbocycles. The van der Waals surface area contributed by atoms with Crippen LogP contribution in [0.4, 0.5) is 24.5 Å². The SMILES string of the molecule is CC(C)(C)OC(=O)COCCOCCOCCOCCOCCOCCOC(=O)c1ccccc1Nc1cccc(C(F)(F)F)c1. The minimum Gasteiger partial charge on any atom is -0.460 e. The summed E-state index contributed by atoms with van der Waals surface area (Å²) < 4.78 is 81.6. The fourth-order valence-electron chi connectivity index (χ4n) is 3.60. The molecule has 0 fully saturated rings. The zero-order valence-corrected chi connectivity index (χ0v) is 26.5. The van der Waals surface area contributed by atoms with Crippen molar-refractivity contribution in [2.45, 2.75) is 32.5 Å². The molecule has 0 heterocycles. The van der Waals surface area contributed by atoms with E-state index in [-0.39, 0.29) is 37.7 Å². The number of hydrogen-bond donors (Lipinski definition) is 1. The van der Waals surface area contributed by atoms with Crippen LogP contribution in [0.5, 0.6) is 0 Å². The van der Waals surface area contributed by atoms with Gasteiger partial charge in [-0.15, -0.1) is 0 Å². The zero-order chi connectivity index (χ0) is 33.7. The van der Waals surface area contributed by atoms with Gasteiger partial charge in [0.05, 0.1) is 89.5 Å². The van der Waals surface area contributed by atoms with Crippen molar-refractivity contribution in [2.75, 3.05) is 91.2 Å². The van der Waals surface area contributed by atoms with Crippen LogP contribution in [0, 0.1) is 0 Å². The number of ether oxygens (including phenoxy) is 8. The summed E-state index contributed by atoms with van der Waals surface area (Å²) in [5.74, 6) is -1.05. The first-order valence-electron chi connectivity index (χ1n) is 14.8. The van der Waals surface area contributed by atoms with Crippen molar-refractivity contribution < 1.29 is 60.7 Å². The minimum absolute atomic E-state index is 0.00719. The quantitative estimate of drug-likeness (QED) is 0.128. The summed E-state index contributed by atoms with van der Waals surface area (Å²) >= 11 is 0. The molecular formula is C32H44F3NO10. The fraction of sp³-hybridized carbons (Fsp3) is 0.562. The normalized spacial score (nSPS) is 11.8. The van der Waals surface area contributed by atoms with Gasteiger partial charge in [0.15, 0.2) is 0 Å². The van der Waals surface area contributed by atoms with Gasteiger partial charge in [-0.2, -0.15) is 13.2 Å². The summed E-state index contributed by atoms with van der Waals surface area (Å²) in [5, 5.41) is 2.85. The van der Waals surface area contributed by atoms with Crippen LogP contribution in [-0.4, -0.2) is 103 Å². The molecule has 0 spiro atoms. The van der Waals surface area contributed by atoms with E-state index in [9.17, 15) is 22.8 Å². The van der Waals surface area contributed by atoms with Crippen LogP contribution < -0.4 is 5.32 Å². The lowest BCUT2D eigenvalue weighted by Gasteiger charge is -2.19. The lowest BCUT2D eigenvalue weighted by atomic mass is 10.1. The molecule has 14 heteroatoms. The van der Waals surface area contributed by atoms with E-state index >= 15 is 0 Å². The topological polar surface area (TPSA) is 120 Å². The van der Waals surface area contributed by atoms with E-state index in [1.165, 1.54) is 18.2 Å². The first-order chi connectivity index (χ1) is 22.0. The van der Waals surface area contributed by atoms with Crippen LogP contribution in [0.25, 0.3) is 0 Å². The molecular weight excluding hydrogens is 615 g/mol. The van der Waals surface area contributed by atoms with Crippen LogP contribution in [0.3, 0.4) is 0 Å². The number of anilines is 2. The van der Waals surface area contributed by atoms with E-state index in [4.69, 9.17) is 37.9 Å². The van der Waals surface area contributed by atoms with Crippen molar-refractivity contribution in [3.63, 3.8) is 0 Å². The van der Waals surface area contributed by atoms with E-state index in [2.05, 4.69) is 5.32 Å². The predicted molar refractivity (Wildman–Crippen MR) is 162 cm³/mol. The molecule has 0 atom stereocenters. The molecule has 2 aromatic rings. The van der Waals surface area contributed by atoms with Gasteiger partial charge in [0.25, 0.3) is 0 Å². The largest absolute Gasteiger partial charge is 0.460 e. The van der Waals surface area contributed by atoms with Crippen LogP contribution in [-0.2, 0) is 48.9 Å². The van der Waals surface area contributed by atoms with E-state index in [0.29, 0.717) is 65.1 Å². The molecule has 0 aliphatic heterocycles. The van der Waals surface area contributed by atoms with Crippen LogP contribution in [0.2, 0.25) is 0 Å². The number of esters is 2. The Balaban J connectivity index is 1.41. The first kappa shape index (κ1) is 38.9. The molecule has 0 aliphatic rings. The summed E-state index contributed by atoms with van der Waals surface area (Å²) in [6, 6.07) is 11.1. The monoisotopic (exact) mass is 659 g/mol. The number of alkyl halides is 3. The Bertz CT molecular complexity index is 1160. The second-order valence-electron chi connectivity index (χ2n) is 10.6. The molecule has 0 radical (unpaired) electrons. The molecule has 2 aromatic carbocycles. The Hall–Kier alpha value is -3.27. The smallest absolute Gasteiger partial charge is 0.416 e. The average molecular weight is 660 g/mol. The number of rotatable bonds is 23. The molecule has 11 nitrogen and oxygen atoms in total. The average Bonchev–Trinajstić information content (AvgIpc) is 2.99. The van der Waals surface area contributed by atoms with Crippen LogP contribution >= 0.6 is 0 Å². The lowest BCUT2D eigenvalue weighted by Crippen LogP contribution is -2.27. The Morgan fingerprint density at radius 2 is 1.15 bits per heavy atom. The molecule has 46 heavy (non-hydrogen) atoms. The van der Waals surface area contributed by atoms with Gasteiger partial charge in [0.1, 0.15) is 18.8 Å². The summed E-state index contributed by atoms with van der Waals surface area (Å²) in [4.78, 5) is 24.0. The van der Waals surface area contributed by atoms with Crippen molar-refractivity contribution in [2.24, 2.45) is 0 Å². The van der Waals surface area contributed by atoms with Gasteiger partial charge in [0.2, 0.25) is 0 Å². The fourth-order valence-corrected chi connectivity index (χ4v) is 3.60. The highest BCUT2D eigenvalue weighted by Gasteiger charge is 2.30. The molecule has 0 aliphatic carbocycles. The summed E-state index contributed by atoms with van der Waals surface area (Å²) in [5.41, 5.74) is -0.642. The van der Waals surface area contributed by atoms with Crippen molar-refractivity contribution in [1.82, 2.24) is 0 Å². The van der Waals surface area contributed by atoms with Crippen molar-refractivity contribution in [3.8, 4) is 0 Å². The van der Waals surface area contributed by atoms with Gasteiger partial charge in [-0.25, -0.2) is 9.59 Å². The predicted octanol–water partition coefficient (Wildman–Crippen LogP) is 5.05. The molecule has 0 saturated heterocycles. The van der Waals surface area contributed by atoms with E-state index in [1.807, 2.05) is 0 Å². The number of hydrogen-bond acceptors (Lipinski definition) is 11. The number of carbonyl (C=O) groups excluding carboxylic acids is 2. The summed E-state index contributed by atoms with van der Waals surface area (Å²) in [6.45, 7) is 9.03. The lowest BCUT2D eigenvalue weighted by molar-refractivity contribution is -0.160. The Morgan fingerprint density at radius 3 is 1.67 bits per heavy atom. The summed E-state index contributed by atoms with van der Waals surface area (Å²) in [6.07, 6.45) is -4.48. The third kappa shape index (κ3) is 18.0. The van der Waals surface area contributed by atoms with Gasteiger partial charge in [-0.05, 0) is 51.1 Å². The molecule has 0 aromatic heterocycles. The van der Waals surface area contributed by atoms with Crippen molar-refractivity contribution in [1.29, 1.82) is 0 Å². The standard InChI is InChI=1S/C32H44F3NO10/c1-31(2,3)46-29(37)24-44-20-19-42-16-15-40-12-11-39-13-14-41-17-18-43-21-22-45-30(38)27-9-4-5-10-28(27)36-26-8-6-7-25(23-26)32(33,34)35/h4-10,23,36H,11-22,24H2,1-3H3. The van der Waals surface area contributed by atoms with Gasteiger partial charge in [0, 0.05) is 5.69 Å². The Kier molecular flexibility index (Phi) is 18.2. The molecule has 0 bridgehead atoms. The van der Waals surface area contributed by atoms with Crippen LogP contribution in [0.1, 0.15) is 36.7 Å². The Morgan fingerprint density at radius 1 is 0.652 bits per heavy atom. The number of carbonyl (C=O) groups is 2. The number of para-hydroxylation sites is 1. The maximum Gasteiger partial charge on any atom is 0.416 e. The summed E-state index contributed by atoms with van der Waals surface area (Å²) in [7, 11) is 0. The third-order valence-corrected chi connectivity index (χ3v) is 5.58. The maximum atomic E-state index is 13.0. The van der Waals surface area contributed by atoms with Gasteiger partial charge in [-0.3, -0.25) is 0 Å². The second kappa shape index (κ2) is 21.5. The Labute approximate surface area is 267 Å². The van der Waals surface area contributed by atoms with Crippen molar-refractivity contribution in [3.05, 3.63) is 59.7 Å². The first-order valence-corrected chi connectivity index (χ1v) is 14.8. The van der Waals surface area contributed by atoms with Gasteiger partial charge in [-0.1, -0.05) is 18.2 Å². The molecule has 2 rings (SSSR count). The maximum absolute atomic E-state index is 13.0. The number of benzene rings is 2. The molecule has 0 amide bonds. The van der Waals surface area contributed by atoms with Crippen molar-refractivity contribution >= 4 is 23.3 Å². The highest BCUT2D eigenvalue weighted by Crippen LogP contribution is 2.32. The van der Waals surface area contributed by atoms with E-state index in [1.54, 1.807) is 39.0 Å². The third-order valence-electron chi connectivity index (χ3n) is 5.58. The number of halogens is 3. The second-order valence-corrected chi connectivity index (χ2v) is 10.6. The highest BCUT2D eigenvalue weighted by atomic mass is 19.4. The zero-order valence-electron chi connectivity index (χ0n) is 26.5. The van der Waals surface area contributed by atoms with Crippen LogP contribution in [0.15, 0.2) is 48.5 Å². The molecule has 1 N–H and O–H groups in total. The van der Waals surface area contributed by atoms with E-state index in [0.717, 1.165) is 12.1 Å². The van der Waals surface area contributed by atoms with Gasteiger partial charge >= 0.3 is 18.1 Å². The molecule has 258 valence electrons. The van der Waals surface area contributed by atoms with E-state index < -0.39 is 29.3 Å². The number of nitrogens with one attached hydrogen (secondary N) is 1. The molecule has 0 unspecified atom stereocenters. The minimum atomic E-state index is -4.48. The van der Waals surface area contributed by atoms with Gasteiger partial charge < -0.3 is 43.2 Å².